The van der Waals surface area contributed by atoms with Gasteiger partial charge >= 0.3 is 0 Å². The molecule has 0 aromatic heterocycles. The first-order valence-corrected chi connectivity index (χ1v) is 15.9. The molecule has 0 aliphatic heterocycles. The normalized spacial score (nSPS) is 10.4. The van der Waals surface area contributed by atoms with Crippen molar-refractivity contribution in [2.75, 3.05) is 19.2 Å². The van der Waals surface area contributed by atoms with E-state index in [1.54, 1.807) is 14.2 Å². The van der Waals surface area contributed by atoms with Gasteiger partial charge in [0.2, 0.25) is 0 Å². The second kappa shape index (κ2) is 19.9. The summed E-state index contributed by atoms with van der Waals surface area (Å²) in [5.74, 6) is 1.74. The Bertz CT molecular complexity index is 1290. The lowest BCUT2D eigenvalue weighted by molar-refractivity contribution is 0.411. The number of methoxy groups -OCH3 is 2. The third kappa shape index (κ3) is 12.4. The topological polar surface area (TPSA) is 30.8 Å². The molecule has 5 heteroatoms. The zero-order valence-electron chi connectivity index (χ0n) is 24.0. The van der Waals surface area contributed by atoms with Gasteiger partial charge in [0.05, 0.1) is 14.2 Å². The molecule has 40 heavy (non-hydrogen) atoms. The number of alkyl halides is 1. The maximum atomic E-state index is 5.49. The van der Waals surface area contributed by atoms with Crippen molar-refractivity contribution in [2.24, 2.45) is 4.99 Å². The van der Waals surface area contributed by atoms with Gasteiger partial charge in [-0.05, 0) is 77.3 Å². The predicted octanol–water partition coefficient (Wildman–Crippen LogP) is 9.71. The zero-order chi connectivity index (χ0) is 29.0. The highest BCUT2D eigenvalue weighted by molar-refractivity contribution is 14.1. The standard InChI is InChI=1S/C17H19NO.C17H18OS.CH3I/c1-14(12-13-15-8-4-3-5-9-15)18-16-10-6-7-11-17(16)19-2;1-18-17-10-6-5-9-15(17)13-16(19)12-11-14-7-3-2-4-8-14;1-2/h3-11H,12-13H2,1-2H3;2-10H,11-13H2,1H3;1H3. The maximum Gasteiger partial charge on any atom is 0.144 e. The summed E-state index contributed by atoms with van der Waals surface area (Å²) in [4.78, 5) is 7.68. The third-order valence-electron chi connectivity index (χ3n) is 6.13. The molecule has 0 atom stereocenters. The molecule has 4 aromatic carbocycles. The molecule has 0 saturated carbocycles. The minimum atomic E-state index is 0.812. The van der Waals surface area contributed by atoms with Gasteiger partial charge in [-0.25, -0.2) is 0 Å². The van der Waals surface area contributed by atoms with Crippen molar-refractivity contribution in [2.45, 2.75) is 39.0 Å². The van der Waals surface area contributed by atoms with E-state index < -0.39 is 0 Å². The van der Waals surface area contributed by atoms with E-state index >= 15 is 0 Å². The quantitative estimate of drug-likeness (QED) is 0.0692. The summed E-state index contributed by atoms with van der Waals surface area (Å²) in [5.41, 5.74) is 5.87. The highest BCUT2D eigenvalue weighted by atomic mass is 127. The van der Waals surface area contributed by atoms with Gasteiger partial charge in [-0.3, -0.25) is 4.99 Å². The Balaban J connectivity index is 0.000000264. The molecule has 0 saturated heterocycles. The van der Waals surface area contributed by atoms with E-state index in [-0.39, 0.29) is 0 Å². The molecule has 0 radical (unpaired) electrons. The summed E-state index contributed by atoms with van der Waals surface area (Å²) < 4.78 is 10.7. The highest BCUT2D eigenvalue weighted by Gasteiger charge is 2.06. The SMILES string of the molecule is CI.COc1ccccc1CC(=S)CCc1ccccc1.COc1ccccc1N=C(C)CCc1ccccc1. The van der Waals surface area contributed by atoms with Crippen LogP contribution in [0.5, 0.6) is 11.5 Å². The molecule has 0 aliphatic rings. The lowest BCUT2D eigenvalue weighted by atomic mass is 10.0. The van der Waals surface area contributed by atoms with E-state index in [4.69, 9.17) is 21.7 Å². The van der Waals surface area contributed by atoms with Gasteiger partial charge in [0.15, 0.2) is 0 Å². The van der Waals surface area contributed by atoms with Crippen molar-refractivity contribution < 1.29 is 9.47 Å². The van der Waals surface area contributed by atoms with Crippen LogP contribution in [0.4, 0.5) is 5.69 Å². The van der Waals surface area contributed by atoms with Crippen LogP contribution in [0.25, 0.3) is 0 Å². The first-order chi connectivity index (χ1) is 19.6. The molecule has 0 aliphatic carbocycles. The van der Waals surface area contributed by atoms with Crippen LogP contribution in [-0.4, -0.2) is 29.7 Å². The summed E-state index contributed by atoms with van der Waals surface area (Å²) in [7, 11) is 3.37. The van der Waals surface area contributed by atoms with Crippen LogP contribution in [0.1, 0.15) is 36.5 Å². The van der Waals surface area contributed by atoms with Gasteiger partial charge in [-0.2, -0.15) is 0 Å². The number of para-hydroxylation sites is 3. The average molecular weight is 666 g/mol. The van der Waals surface area contributed by atoms with Gasteiger partial charge in [0, 0.05) is 12.1 Å². The third-order valence-corrected chi connectivity index (χ3v) is 6.48. The second-order valence-electron chi connectivity index (χ2n) is 9.02. The minimum Gasteiger partial charge on any atom is -0.496 e. The molecule has 0 bridgehead atoms. The molecule has 4 rings (SSSR count). The number of thiocarbonyl (C=S) groups is 1. The molecular formula is C35H40INO2S. The number of rotatable bonds is 11. The van der Waals surface area contributed by atoms with E-state index in [1.165, 1.54) is 16.7 Å². The Kier molecular flexibility index (Phi) is 16.5. The van der Waals surface area contributed by atoms with Crippen LogP contribution in [0.15, 0.2) is 114 Å². The summed E-state index contributed by atoms with van der Waals surface area (Å²) in [6.07, 6.45) is 4.74. The van der Waals surface area contributed by atoms with Crippen molar-refractivity contribution in [1.82, 2.24) is 0 Å². The number of aliphatic imine (C=N–C) groups is 1. The van der Waals surface area contributed by atoms with Crippen molar-refractivity contribution in [1.29, 1.82) is 0 Å². The fourth-order valence-electron chi connectivity index (χ4n) is 4.03. The monoisotopic (exact) mass is 665 g/mol. The number of halogens is 1. The smallest absolute Gasteiger partial charge is 0.144 e. The lowest BCUT2D eigenvalue weighted by Gasteiger charge is -2.09. The number of nitrogens with zero attached hydrogens (tertiary/aromatic N) is 1. The molecule has 0 amide bonds. The Morgan fingerprint density at radius 1 is 0.650 bits per heavy atom. The van der Waals surface area contributed by atoms with E-state index in [0.29, 0.717) is 0 Å². The Hall–Kier alpha value is -3.03. The molecule has 0 spiro atoms. The summed E-state index contributed by atoms with van der Waals surface area (Å²) in [6.45, 7) is 2.06. The van der Waals surface area contributed by atoms with Crippen LogP contribution < -0.4 is 9.47 Å². The largest absolute Gasteiger partial charge is 0.496 e. The van der Waals surface area contributed by atoms with E-state index in [9.17, 15) is 0 Å². The van der Waals surface area contributed by atoms with Gasteiger partial charge in [-0.15, -0.1) is 0 Å². The zero-order valence-corrected chi connectivity index (χ0v) is 27.0. The molecule has 0 heterocycles. The molecule has 0 unspecified atom stereocenters. The Morgan fingerprint density at radius 3 is 1.70 bits per heavy atom. The van der Waals surface area contributed by atoms with Crippen molar-refractivity contribution in [3.05, 3.63) is 126 Å². The average Bonchev–Trinajstić information content (AvgIpc) is 3.02. The highest BCUT2D eigenvalue weighted by Crippen LogP contribution is 2.26. The second-order valence-corrected chi connectivity index (χ2v) is 9.59. The number of hydrogen-bond acceptors (Lipinski definition) is 4. The Morgan fingerprint density at radius 2 is 1.12 bits per heavy atom. The van der Waals surface area contributed by atoms with Gasteiger partial charge in [-0.1, -0.05) is 126 Å². The number of ether oxygens (including phenoxy) is 2. The number of hydrogen-bond donors (Lipinski definition) is 0. The lowest BCUT2D eigenvalue weighted by Crippen LogP contribution is -2.03. The van der Waals surface area contributed by atoms with Gasteiger partial charge in [0.1, 0.15) is 17.2 Å². The number of aryl methyl sites for hydroxylation is 2. The van der Waals surface area contributed by atoms with E-state index in [0.717, 1.165) is 59.9 Å². The van der Waals surface area contributed by atoms with E-state index in [2.05, 4.69) is 89.1 Å². The van der Waals surface area contributed by atoms with Crippen molar-refractivity contribution in [3.8, 4) is 11.5 Å². The summed E-state index contributed by atoms with van der Waals surface area (Å²) >= 11 is 7.64. The van der Waals surface area contributed by atoms with Crippen LogP contribution >= 0.6 is 34.8 Å². The van der Waals surface area contributed by atoms with E-state index in [1.807, 2.05) is 59.5 Å². The molecule has 4 aromatic rings. The molecule has 0 N–H and O–H groups in total. The first-order valence-electron chi connectivity index (χ1n) is 13.4. The molecule has 3 nitrogen and oxygen atoms in total. The van der Waals surface area contributed by atoms with Gasteiger partial charge in [0.25, 0.3) is 0 Å². The van der Waals surface area contributed by atoms with Crippen LogP contribution in [0.3, 0.4) is 0 Å². The fraction of sp³-hybridized carbons (Fsp3) is 0.257. The minimum absolute atomic E-state index is 0.812. The van der Waals surface area contributed by atoms with Crippen molar-refractivity contribution in [3.63, 3.8) is 0 Å². The Labute approximate surface area is 259 Å². The maximum absolute atomic E-state index is 5.49. The van der Waals surface area contributed by atoms with Crippen molar-refractivity contribution >= 4 is 51.1 Å². The van der Waals surface area contributed by atoms with Crippen LogP contribution in [0, 0.1) is 0 Å². The summed E-state index contributed by atoms with van der Waals surface area (Å²) in [6, 6.07) is 36.9. The fourth-order valence-corrected chi connectivity index (χ4v) is 4.29. The first kappa shape index (κ1) is 33.2. The van der Waals surface area contributed by atoms with Gasteiger partial charge < -0.3 is 9.47 Å². The molecular weight excluding hydrogens is 625 g/mol. The van der Waals surface area contributed by atoms with Crippen LogP contribution in [0.2, 0.25) is 0 Å². The van der Waals surface area contributed by atoms with Crippen LogP contribution in [-0.2, 0) is 19.3 Å². The summed E-state index contributed by atoms with van der Waals surface area (Å²) in [5, 5.41) is 0. The predicted molar refractivity (Wildman–Crippen MR) is 185 cm³/mol. The molecule has 0 fully saturated rings. The molecule has 210 valence electrons. The number of benzene rings is 4.